The summed E-state index contributed by atoms with van der Waals surface area (Å²) in [6.45, 7) is 4.13. The molecule has 1 N–H and O–H groups in total. The number of fused-ring (bicyclic) bond motifs is 1. The number of aryl methyl sites for hydroxylation is 2. The maximum atomic E-state index is 11.5. The quantitative estimate of drug-likeness (QED) is 0.896. The highest BCUT2D eigenvalue weighted by molar-refractivity contribution is 5.93. The van der Waals surface area contributed by atoms with Crippen LogP contribution in [0.2, 0.25) is 0 Å². The van der Waals surface area contributed by atoms with Crippen LogP contribution < -0.4 is 4.90 Å². The van der Waals surface area contributed by atoms with Crippen molar-refractivity contribution >= 4 is 11.8 Å². The molecule has 2 aliphatic rings. The Morgan fingerprint density at radius 2 is 2.10 bits per heavy atom. The van der Waals surface area contributed by atoms with Crippen LogP contribution in [0.15, 0.2) is 6.07 Å². The fourth-order valence-corrected chi connectivity index (χ4v) is 3.31. The van der Waals surface area contributed by atoms with E-state index in [4.69, 9.17) is 0 Å². The number of rotatable bonds is 5. The summed E-state index contributed by atoms with van der Waals surface area (Å²) < 4.78 is 0. The predicted molar refractivity (Wildman–Crippen MR) is 82.2 cm³/mol. The summed E-state index contributed by atoms with van der Waals surface area (Å²) in [6.07, 6.45) is 5.58. The van der Waals surface area contributed by atoms with Gasteiger partial charge in [-0.05, 0) is 56.8 Å². The smallest absolute Gasteiger partial charge is 0.339 e. The molecule has 5 heteroatoms. The number of hydrogen-bond acceptors (Lipinski definition) is 4. The molecule has 3 rings (SSSR count). The molecule has 0 aromatic carbocycles. The van der Waals surface area contributed by atoms with Gasteiger partial charge in [0.1, 0.15) is 11.4 Å². The van der Waals surface area contributed by atoms with Crippen molar-refractivity contribution in [2.24, 2.45) is 0 Å². The number of carboxylic acid groups (broad SMARTS) is 1. The molecular formula is C16H23N3O2. The lowest BCUT2D eigenvalue weighted by atomic mass is 10.1. The Kier molecular flexibility index (Phi) is 4.10. The summed E-state index contributed by atoms with van der Waals surface area (Å²) in [5, 5.41) is 9.45. The molecule has 5 nitrogen and oxygen atoms in total. The fourth-order valence-electron chi connectivity index (χ4n) is 3.31. The molecule has 0 bridgehead atoms. The second-order valence-electron chi connectivity index (χ2n) is 6.09. The van der Waals surface area contributed by atoms with Gasteiger partial charge in [0.05, 0.1) is 0 Å². The predicted octanol–water partition coefficient (Wildman–Crippen LogP) is 1.80. The highest BCUT2D eigenvalue weighted by Gasteiger charge is 2.22. The molecule has 114 valence electrons. The third kappa shape index (κ3) is 3.02. The number of carbonyl (C=O) groups is 1. The van der Waals surface area contributed by atoms with Crippen molar-refractivity contribution in [1.29, 1.82) is 0 Å². The molecule has 1 aliphatic heterocycles. The molecule has 0 spiro atoms. The number of nitrogens with zero attached hydrogens (tertiary/aromatic N) is 3. The molecular weight excluding hydrogens is 266 g/mol. The topological polar surface area (TPSA) is 56.7 Å². The van der Waals surface area contributed by atoms with Crippen molar-refractivity contribution in [3.05, 3.63) is 22.9 Å². The Balaban J connectivity index is 1.77. The highest BCUT2D eigenvalue weighted by Crippen LogP contribution is 2.27. The van der Waals surface area contributed by atoms with Crippen LogP contribution in [0, 0.1) is 0 Å². The average molecular weight is 289 g/mol. The first kappa shape index (κ1) is 14.3. The third-order valence-corrected chi connectivity index (χ3v) is 4.57. The summed E-state index contributed by atoms with van der Waals surface area (Å²) in [5.74, 6) is -0.248. The van der Waals surface area contributed by atoms with Crippen molar-refractivity contribution in [2.75, 3.05) is 38.1 Å². The lowest BCUT2D eigenvalue weighted by Crippen LogP contribution is -2.32. The van der Waals surface area contributed by atoms with Crippen molar-refractivity contribution in [1.82, 2.24) is 9.88 Å². The van der Waals surface area contributed by atoms with Gasteiger partial charge in [0.25, 0.3) is 0 Å². The standard InChI is InChI=1S/C16H23N3O2/c1-18(9-10-19-7-2-3-8-19)15-13(16(20)21)11-12-5-4-6-14(12)17-15/h11H,2-10H2,1H3,(H,20,21). The van der Waals surface area contributed by atoms with Crippen molar-refractivity contribution in [3.8, 4) is 0 Å². The molecule has 21 heavy (non-hydrogen) atoms. The van der Waals surface area contributed by atoms with Crippen LogP contribution >= 0.6 is 0 Å². The van der Waals surface area contributed by atoms with E-state index in [2.05, 4.69) is 9.88 Å². The summed E-state index contributed by atoms with van der Waals surface area (Å²) in [4.78, 5) is 20.6. The lowest BCUT2D eigenvalue weighted by Gasteiger charge is -2.24. The van der Waals surface area contributed by atoms with Gasteiger partial charge in [-0.1, -0.05) is 0 Å². The number of aromatic carboxylic acids is 1. The van der Waals surface area contributed by atoms with E-state index in [0.29, 0.717) is 11.4 Å². The van der Waals surface area contributed by atoms with Gasteiger partial charge in [0, 0.05) is 25.8 Å². The first-order valence-corrected chi connectivity index (χ1v) is 7.85. The van der Waals surface area contributed by atoms with Crippen molar-refractivity contribution in [3.63, 3.8) is 0 Å². The second kappa shape index (κ2) is 6.02. The van der Waals surface area contributed by atoms with E-state index in [1.165, 1.54) is 12.8 Å². The molecule has 0 atom stereocenters. The minimum Gasteiger partial charge on any atom is -0.478 e. The van der Waals surface area contributed by atoms with E-state index >= 15 is 0 Å². The van der Waals surface area contributed by atoms with Crippen LogP contribution in [-0.2, 0) is 12.8 Å². The zero-order valence-electron chi connectivity index (χ0n) is 12.6. The first-order valence-electron chi connectivity index (χ1n) is 7.85. The Bertz CT molecular complexity index is 539. The molecule has 1 fully saturated rings. The Labute approximate surface area is 125 Å². The summed E-state index contributed by atoms with van der Waals surface area (Å²) in [6, 6.07) is 1.83. The van der Waals surface area contributed by atoms with E-state index in [-0.39, 0.29) is 0 Å². The number of aromatic nitrogens is 1. The number of likely N-dealkylation sites (tertiary alicyclic amines) is 1. The summed E-state index contributed by atoms with van der Waals surface area (Å²) in [7, 11) is 1.95. The molecule has 0 radical (unpaired) electrons. The Morgan fingerprint density at radius 3 is 2.81 bits per heavy atom. The first-order chi connectivity index (χ1) is 10.1. The molecule has 2 heterocycles. The van der Waals surface area contributed by atoms with E-state index in [1.807, 2.05) is 18.0 Å². The van der Waals surface area contributed by atoms with Crippen LogP contribution in [0.3, 0.4) is 0 Å². The van der Waals surface area contributed by atoms with Crippen LogP contribution in [0.5, 0.6) is 0 Å². The molecule has 1 aliphatic carbocycles. The van der Waals surface area contributed by atoms with Crippen LogP contribution in [0.1, 0.15) is 40.9 Å². The second-order valence-corrected chi connectivity index (χ2v) is 6.09. The van der Waals surface area contributed by atoms with E-state index in [9.17, 15) is 9.90 Å². The zero-order chi connectivity index (χ0) is 14.8. The molecule has 1 aromatic rings. The van der Waals surface area contributed by atoms with Crippen molar-refractivity contribution < 1.29 is 9.90 Å². The summed E-state index contributed by atoms with van der Waals surface area (Å²) in [5.41, 5.74) is 2.55. The van der Waals surface area contributed by atoms with E-state index in [0.717, 1.165) is 56.7 Å². The maximum absolute atomic E-state index is 11.5. The zero-order valence-corrected chi connectivity index (χ0v) is 12.6. The van der Waals surface area contributed by atoms with E-state index in [1.54, 1.807) is 0 Å². The van der Waals surface area contributed by atoms with Crippen LogP contribution in [0.4, 0.5) is 5.82 Å². The van der Waals surface area contributed by atoms with Gasteiger partial charge in [0.15, 0.2) is 0 Å². The summed E-state index contributed by atoms with van der Waals surface area (Å²) >= 11 is 0. The normalized spacial score (nSPS) is 18.0. The van der Waals surface area contributed by atoms with Crippen molar-refractivity contribution in [2.45, 2.75) is 32.1 Å². The maximum Gasteiger partial charge on any atom is 0.339 e. The SMILES string of the molecule is CN(CCN1CCCC1)c1nc2c(cc1C(=O)O)CCC2. The number of pyridine rings is 1. The molecule has 0 saturated carbocycles. The van der Waals surface area contributed by atoms with Crippen LogP contribution in [0.25, 0.3) is 0 Å². The van der Waals surface area contributed by atoms with Gasteiger partial charge < -0.3 is 14.9 Å². The van der Waals surface area contributed by atoms with E-state index < -0.39 is 5.97 Å². The largest absolute Gasteiger partial charge is 0.478 e. The number of anilines is 1. The molecule has 0 unspecified atom stereocenters. The monoisotopic (exact) mass is 289 g/mol. The molecule has 1 saturated heterocycles. The minimum absolute atomic E-state index is 0.347. The average Bonchev–Trinajstić information content (AvgIpc) is 3.13. The van der Waals surface area contributed by atoms with Gasteiger partial charge in [-0.3, -0.25) is 0 Å². The highest BCUT2D eigenvalue weighted by atomic mass is 16.4. The van der Waals surface area contributed by atoms with Gasteiger partial charge in [-0.15, -0.1) is 0 Å². The molecule has 0 amide bonds. The third-order valence-electron chi connectivity index (χ3n) is 4.57. The minimum atomic E-state index is -0.875. The Morgan fingerprint density at radius 1 is 1.33 bits per heavy atom. The number of likely N-dealkylation sites (N-methyl/N-ethyl adjacent to an activating group) is 1. The molecule has 1 aromatic heterocycles. The number of carboxylic acids is 1. The van der Waals surface area contributed by atoms with Gasteiger partial charge in [-0.25, -0.2) is 9.78 Å². The Hall–Kier alpha value is -1.62. The lowest BCUT2D eigenvalue weighted by molar-refractivity contribution is 0.0697. The van der Waals surface area contributed by atoms with Gasteiger partial charge in [0.2, 0.25) is 0 Å². The number of hydrogen-bond donors (Lipinski definition) is 1. The van der Waals surface area contributed by atoms with Crippen LogP contribution in [-0.4, -0.2) is 54.2 Å². The fraction of sp³-hybridized carbons (Fsp3) is 0.625. The van der Waals surface area contributed by atoms with Gasteiger partial charge in [-0.2, -0.15) is 0 Å². The van der Waals surface area contributed by atoms with Gasteiger partial charge >= 0.3 is 5.97 Å².